The fourth-order valence-corrected chi connectivity index (χ4v) is 4.79. The molecule has 0 N–H and O–H groups in total. The van der Waals surface area contributed by atoms with E-state index in [1.165, 1.54) is 12.1 Å². The molecule has 38 heavy (non-hydrogen) atoms. The molecule has 7 rings (SSSR count). The number of anilines is 1. The minimum Gasteiger partial charge on any atom is -0.423 e. The molecule has 6 aromatic rings. The van der Waals surface area contributed by atoms with Crippen molar-refractivity contribution in [3.63, 3.8) is 0 Å². The monoisotopic (exact) mass is 495 g/mol. The molecule has 7 nitrogen and oxygen atoms in total. The number of amides is 2. The van der Waals surface area contributed by atoms with Crippen molar-refractivity contribution in [1.29, 1.82) is 0 Å². The molecule has 0 aliphatic carbocycles. The van der Waals surface area contributed by atoms with Crippen molar-refractivity contribution in [3.8, 4) is 5.75 Å². The Kier molecular flexibility index (Phi) is 4.77. The van der Waals surface area contributed by atoms with Crippen molar-refractivity contribution in [2.45, 2.75) is 0 Å². The summed E-state index contributed by atoms with van der Waals surface area (Å²) >= 11 is 0. The van der Waals surface area contributed by atoms with Gasteiger partial charge >= 0.3 is 5.97 Å². The first-order valence-corrected chi connectivity index (χ1v) is 12.0. The van der Waals surface area contributed by atoms with E-state index in [-0.39, 0.29) is 5.56 Å². The van der Waals surface area contributed by atoms with E-state index in [1.54, 1.807) is 54.6 Å². The van der Waals surface area contributed by atoms with Gasteiger partial charge in [-0.1, -0.05) is 42.5 Å². The highest BCUT2D eigenvalue weighted by atomic mass is 16.5. The van der Waals surface area contributed by atoms with Gasteiger partial charge < -0.3 is 4.74 Å². The topological polar surface area (TPSA) is 89.5 Å². The Morgan fingerprint density at radius 2 is 1.34 bits per heavy atom. The Hall–Kier alpha value is -5.43. The Morgan fingerprint density at radius 3 is 2.11 bits per heavy atom. The van der Waals surface area contributed by atoms with Gasteiger partial charge in [-0.3, -0.25) is 9.59 Å². The van der Waals surface area contributed by atoms with Gasteiger partial charge in [-0.2, -0.15) is 0 Å². The maximum atomic E-state index is 12.9. The second-order valence-corrected chi connectivity index (χ2v) is 8.96. The number of rotatable bonds is 3. The molecule has 1 aromatic heterocycles. The van der Waals surface area contributed by atoms with E-state index in [4.69, 9.17) is 14.7 Å². The van der Waals surface area contributed by atoms with Gasteiger partial charge in [0, 0.05) is 11.5 Å². The second-order valence-electron chi connectivity index (χ2n) is 8.96. The third kappa shape index (κ3) is 3.41. The molecule has 0 atom stereocenters. The van der Waals surface area contributed by atoms with Crippen molar-refractivity contribution in [2.24, 2.45) is 0 Å². The molecule has 0 saturated heterocycles. The van der Waals surface area contributed by atoms with E-state index in [9.17, 15) is 14.4 Å². The average Bonchev–Trinajstić information content (AvgIpc) is 3.21. The summed E-state index contributed by atoms with van der Waals surface area (Å²) in [4.78, 5) is 49.0. The van der Waals surface area contributed by atoms with E-state index < -0.39 is 17.8 Å². The summed E-state index contributed by atoms with van der Waals surface area (Å²) in [5.74, 6) is -1.02. The van der Waals surface area contributed by atoms with Crippen LogP contribution in [0.1, 0.15) is 31.1 Å². The molecule has 1 aliphatic rings. The van der Waals surface area contributed by atoms with E-state index in [0.717, 1.165) is 26.7 Å². The fraction of sp³-hybridized carbons (Fsp3) is 0. The predicted octanol–water partition coefficient (Wildman–Crippen LogP) is 5.96. The summed E-state index contributed by atoms with van der Waals surface area (Å²) < 4.78 is 5.61. The van der Waals surface area contributed by atoms with Crippen LogP contribution < -0.4 is 9.64 Å². The minimum absolute atomic E-state index is 0.279. The molecule has 0 spiro atoms. The van der Waals surface area contributed by atoms with Crippen LogP contribution in [0.15, 0.2) is 103 Å². The zero-order valence-corrected chi connectivity index (χ0v) is 19.8. The number of aromatic nitrogens is 2. The molecule has 2 heterocycles. The fourth-order valence-electron chi connectivity index (χ4n) is 4.79. The first-order valence-electron chi connectivity index (χ1n) is 12.0. The van der Waals surface area contributed by atoms with Crippen LogP contribution in [-0.4, -0.2) is 27.8 Å². The lowest BCUT2D eigenvalue weighted by Gasteiger charge is -2.14. The summed E-state index contributed by atoms with van der Waals surface area (Å²) in [6.45, 7) is 0. The molecular formula is C31H17N3O4. The third-order valence-corrected chi connectivity index (χ3v) is 6.67. The summed E-state index contributed by atoms with van der Waals surface area (Å²) in [5.41, 5.74) is 4.26. The molecule has 0 fully saturated rings. The number of hydrogen-bond donors (Lipinski definition) is 0. The highest BCUT2D eigenvalue weighted by Gasteiger charge is 2.36. The van der Waals surface area contributed by atoms with Gasteiger partial charge in [-0.05, 0) is 60.0 Å². The molecule has 0 unspecified atom stereocenters. The summed E-state index contributed by atoms with van der Waals surface area (Å²) in [5, 5.41) is 2.07. The maximum absolute atomic E-state index is 12.9. The van der Waals surface area contributed by atoms with Crippen LogP contribution in [0, 0.1) is 0 Å². The van der Waals surface area contributed by atoms with Gasteiger partial charge in [0.25, 0.3) is 11.8 Å². The normalized spacial score (nSPS) is 12.9. The summed E-state index contributed by atoms with van der Waals surface area (Å²) in [7, 11) is 0. The Morgan fingerprint density at radius 1 is 0.658 bits per heavy atom. The SMILES string of the molecule is O=C(Oc1ccc2nc3ccc4ccccc4c3nc2c1)c1ccc(N2C(=O)c3ccccc3C2=O)cc1. The molecule has 0 saturated carbocycles. The molecule has 5 aromatic carbocycles. The molecule has 1 aliphatic heterocycles. The van der Waals surface area contributed by atoms with Gasteiger partial charge in [0.1, 0.15) is 5.75 Å². The number of fused-ring (bicyclic) bond motifs is 5. The van der Waals surface area contributed by atoms with Crippen LogP contribution in [0.2, 0.25) is 0 Å². The first-order chi connectivity index (χ1) is 18.6. The number of benzene rings is 5. The van der Waals surface area contributed by atoms with Crippen LogP contribution in [0.25, 0.3) is 32.8 Å². The quantitative estimate of drug-likeness (QED) is 0.0990. The highest BCUT2D eigenvalue weighted by molar-refractivity contribution is 6.34. The van der Waals surface area contributed by atoms with Crippen molar-refractivity contribution in [1.82, 2.24) is 9.97 Å². The number of nitrogens with zero attached hydrogens (tertiary/aromatic N) is 3. The number of carbonyl (C=O) groups is 3. The zero-order chi connectivity index (χ0) is 25.8. The van der Waals surface area contributed by atoms with E-state index in [2.05, 4.69) is 0 Å². The lowest BCUT2D eigenvalue weighted by atomic mass is 10.1. The van der Waals surface area contributed by atoms with Gasteiger partial charge in [-0.15, -0.1) is 0 Å². The molecule has 0 bridgehead atoms. The van der Waals surface area contributed by atoms with Gasteiger partial charge in [-0.25, -0.2) is 19.7 Å². The van der Waals surface area contributed by atoms with Crippen molar-refractivity contribution in [2.75, 3.05) is 4.90 Å². The van der Waals surface area contributed by atoms with Crippen LogP contribution in [0.5, 0.6) is 5.75 Å². The van der Waals surface area contributed by atoms with Gasteiger partial charge in [0.05, 0.1) is 44.4 Å². The Labute approximate surface area is 215 Å². The number of esters is 1. The molecular weight excluding hydrogens is 478 g/mol. The van der Waals surface area contributed by atoms with E-state index in [1.807, 2.05) is 36.4 Å². The van der Waals surface area contributed by atoms with Crippen molar-refractivity contribution < 1.29 is 19.1 Å². The summed E-state index contributed by atoms with van der Waals surface area (Å²) in [6.07, 6.45) is 0. The first kappa shape index (κ1) is 21.8. The maximum Gasteiger partial charge on any atom is 0.343 e. The standard InChI is InChI=1S/C31H17N3O4/c35-29-23-7-3-4-8-24(23)30(36)34(29)20-12-9-19(10-13-20)31(37)38-21-14-16-25-27(17-21)33-28-22-6-2-1-5-18(22)11-15-26(28)32-25/h1-17H. The largest absolute Gasteiger partial charge is 0.423 e. The second kappa shape index (κ2) is 8.31. The van der Waals surface area contributed by atoms with Gasteiger partial charge in [0.15, 0.2) is 0 Å². The third-order valence-electron chi connectivity index (χ3n) is 6.67. The van der Waals surface area contributed by atoms with Crippen LogP contribution in [0.3, 0.4) is 0 Å². The van der Waals surface area contributed by atoms with Crippen molar-refractivity contribution >= 4 is 56.3 Å². The number of imide groups is 1. The van der Waals surface area contributed by atoms with E-state index >= 15 is 0 Å². The Balaban J connectivity index is 1.16. The minimum atomic E-state index is -0.572. The summed E-state index contributed by atoms with van der Waals surface area (Å²) in [6, 6.07) is 29.9. The molecule has 2 amide bonds. The smallest absolute Gasteiger partial charge is 0.343 e. The van der Waals surface area contributed by atoms with Gasteiger partial charge in [0.2, 0.25) is 0 Å². The molecule has 0 radical (unpaired) electrons. The van der Waals surface area contributed by atoms with Crippen LogP contribution in [0.4, 0.5) is 5.69 Å². The molecule has 180 valence electrons. The lowest BCUT2D eigenvalue weighted by molar-refractivity contribution is 0.0734. The van der Waals surface area contributed by atoms with Crippen LogP contribution in [-0.2, 0) is 0 Å². The zero-order valence-electron chi connectivity index (χ0n) is 19.8. The van der Waals surface area contributed by atoms with E-state index in [0.29, 0.717) is 33.6 Å². The lowest BCUT2D eigenvalue weighted by Crippen LogP contribution is -2.29. The number of hydrogen-bond acceptors (Lipinski definition) is 6. The predicted molar refractivity (Wildman–Crippen MR) is 144 cm³/mol. The average molecular weight is 495 g/mol. The Bertz CT molecular complexity index is 1930. The number of ether oxygens (including phenoxy) is 1. The molecule has 7 heteroatoms. The highest BCUT2D eigenvalue weighted by Crippen LogP contribution is 2.29. The number of carbonyl (C=O) groups excluding carboxylic acids is 3. The van der Waals surface area contributed by atoms with Crippen LogP contribution >= 0.6 is 0 Å². The van der Waals surface area contributed by atoms with Crippen molar-refractivity contribution in [3.05, 3.63) is 120 Å².